The number of hydrogen-bond donors (Lipinski definition) is 1. The fraction of sp³-hybridized carbons (Fsp3) is 0.625. The Morgan fingerprint density at radius 2 is 1.94 bits per heavy atom. The van der Waals surface area contributed by atoms with Gasteiger partial charge in [-0.25, -0.2) is 0 Å². The van der Waals surface area contributed by atoms with Gasteiger partial charge in [0.2, 0.25) is 0 Å². The van der Waals surface area contributed by atoms with Gasteiger partial charge in [0.25, 0.3) is 0 Å². The molecule has 0 aromatic heterocycles. The maximum atomic E-state index is 5.95. The Morgan fingerprint density at radius 3 is 2.61 bits per heavy atom. The summed E-state index contributed by atoms with van der Waals surface area (Å²) in [7, 11) is 0. The van der Waals surface area contributed by atoms with E-state index in [0.717, 1.165) is 25.4 Å². The Bertz CT molecular complexity index is 374. The molecule has 1 N–H and O–H groups in total. The smallest absolute Gasteiger partial charge is 0.122 e. The van der Waals surface area contributed by atoms with Gasteiger partial charge in [-0.3, -0.25) is 0 Å². The van der Waals surface area contributed by atoms with Gasteiger partial charge in [-0.05, 0) is 56.5 Å². The van der Waals surface area contributed by atoms with Crippen molar-refractivity contribution in [2.45, 2.75) is 41.0 Å². The number of aryl methyl sites for hydroxylation is 2. The van der Waals surface area contributed by atoms with Crippen molar-refractivity contribution in [2.75, 3.05) is 19.7 Å². The Hall–Kier alpha value is -1.02. The molecule has 0 bridgehead atoms. The molecule has 0 spiro atoms. The summed E-state index contributed by atoms with van der Waals surface area (Å²) in [5, 5.41) is 3.43. The molecule has 0 saturated carbocycles. The highest BCUT2D eigenvalue weighted by Gasteiger charge is 2.07. The van der Waals surface area contributed by atoms with E-state index in [9.17, 15) is 0 Å². The summed E-state index contributed by atoms with van der Waals surface area (Å²) in [6, 6.07) is 4.34. The van der Waals surface area contributed by atoms with E-state index < -0.39 is 0 Å². The van der Waals surface area contributed by atoms with Crippen molar-refractivity contribution in [1.29, 1.82) is 0 Å². The minimum Gasteiger partial charge on any atom is -0.493 e. The molecule has 0 heterocycles. The second kappa shape index (κ2) is 7.42. The molecule has 0 aliphatic carbocycles. The zero-order valence-electron chi connectivity index (χ0n) is 12.5. The third kappa shape index (κ3) is 4.69. The highest BCUT2D eigenvalue weighted by Crippen LogP contribution is 2.23. The molecule has 0 saturated heterocycles. The largest absolute Gasteiger partial charge is 0.493 e. The van der Waals surface area contributed by atoms with Gasteiger partial charge in [-0.15, -0.1) is 0 Å². The maximum Gasteiger partial charge on any atom is 0.122 e. The van der Waals surface area contributed by atoms with Crippen LogP contribution in [0.3, 0.4) is 0 Å². The zero-order valence-corrected chi connectivity index (χ0v) is 12.5. The summed E-state index contributed by atoms with van der Waals surface area (Å²) in [4.78, 5) is 0. The van der Waals surface area contributed by atoms with Gasteiger partial charge in [-0.2, -0.15) is 0 Å². The van der Waals surface area contributed by atoms with E-state index >= 15 is 0 Å². The molecule has 0 radical (unpaired) electrons. The molecule has 102 valence electrons. The van der Waals surface area contributed by atoms with Crippen molar-refractivity contribution >= 4 is 0 Å². The molecule has 18 heavy (non-hydrogen) atoms. The summed E-state index contributed by atoms with van der Waals surface area (Å²) in [6.07, 6.45) is 1.18. The van der Waals surface area contributed by atoms with Crippen LogP contribution in [0.25, 0.3) is 0 Å². The number of benzene rings is 1. The zero-order chi connectivity index (χ0) is 13.5. The lowest BCUT2D eigenvalue weighted by molar-refractivity contribution is 0.254. The van der Waals surface area contributed by atoms with Gasteiger partial charge in [0.05, 0.1) is 6.61 Å². The Balaban J connectivity index is 2.48. The second-order valence-corrected chi connectivity index (χ2v) is 5.33. The first-order chi connectivity index (χ1) is 8.54. The predicted octanol–water partition coefficient (Wildman–Crippen LogP) is 3.63. The summed E-state index contributed by atoms with van der Waals surface area (Å²) >= 11 is 0. The van der Waals surface area contributed by atoms with Crippen LogP contribution in [0.4, 0.5) is 0 Å². The second-order valence-electron chi connectivity index (χ2n) is 5.33. The van der Waals surface area contributed by atoms with E-state index in [1.807, 2.05) is 0 Å². The fourth-order valence-electron chi connectivity index (χ4n) is 1.97. The highest BCUT2D eigenvalue weighted by atomic mass is 16.5. The molecule has 2 heteroatoms. The molecule has 0 amide bonds. The molecular formula is C16H27NO. The standard InChI is InChI=1S/C16H27NO/c1-6-7-17-10-13(3)11-18-16-9-12(2)8-14(4)15(16)5/h8-9,13,17H,6-7,10-11H2,1-5H3. The Kier molecular flexibility index (Phi) is 6.20. The number of rotatable bonds is 7. The van der Waals surface area contributed by atoms with Crippen molar-refractivity contribution in [3.8, 4) is 5.75 Å². The van der Waals surface area contributed by atoms with E-state index in [2.05, 4.69) is 52.1 Å². The van der Waals surface area contributed by atoms with Crippen LogP contribution in [0.5, 0.6) is 5.75 Å². The van der Waals surface area contributed by atoms with E-state index in [1.165, 1.54) is 23.1 Å². The molecule has 1 atom stereocenters. The quantitative estimate of drug-likeness (QED) is 0.745. The maximum absolute atomic E-state index is 5.95. The molecule has 0 aliphatic heterocycles. The molecule has 1 rings (SSSR count). The first-order valence-corrected chi connectivity index (χ1v) is 6.96. The van der Waals surface area contributed by atoms with Crippen LogP contribution in [-0.4, -0.2) is 19.7 Å². The average molecular weight is 249 g/mol. The lowest BCUT2D eigenvalue weighted by atomic mass is 10.1. The Morgan fingerprint density at radius 1 is 1.22 bits per heavy atom. The van der Waals surface area contributed by atoms with Crippen molar-refractivity contribution in [3.63, 3.8) is 0 Å². The normalized spacial score (nSPS) is 12.5. The molecule has 1 unspecified atom stereocenters. The van der Waals surface area contributed by atoms with E-state index in [4.69, 9.17) is 4.74 Å². The molecule has 1 aromatic carbocycles. The summed E-state index contributed by atoms with van der Waals surface area (Å²) < 4.78 is 5.95. The van der Waals surface area contributed by atoms with Crippen LogP contribution in [0.1, 0.15) is 37.0 Å². The van der Waals surface area contributed by atoms with Gasteiger partial charge >= 0.3 is 0 Å². The van der Waals surface area contributed by atoms with E-state index in [0.29, 0.717) is 5.92 Å². The van der Waals surface area contributed by atoms with Crippen molar-refractivity contribution in [3.05, 3.63) is 28.8 Å². The van der Waals surface area contributed by atoms with E-state index in [1.54, 1.807) is 0 Å². The number of hydrogen-bond acceptors (Lipinski definition) is 2. The molecule has 0 fully saturated rings. The van der Waals surface area contributed by atoms with Crippen LogP contribution in [0.15, 0.2) is 12.1 Å². The lowest BCUT2D eigenvalue weighted by Gasteiger charge is -2.16. The summed E-state index contributed by atoms with van der Waals surface area (Å²) in [6.45, 7) is 13.7. The number of nitrogens with one attached hydrogen (secondary N) is 1. The van der Waals surface area contributed by atoms with Gasteiger partial charge < -0.3 is 10.1 Å². The molecule has 2 nitrogen and oxygen atoms in total. The van der Waals surface area contributed by atoms with Crippen molar-refractivity contribution < 1.29 is 4.74 Å². The lowest BCUT2D eigenvalue weighted by Crippen LogP contribution is -2.25. The van der Waals surface area contributed by atoms with Crippen molar-refractivity contribution in [1.82, 2.24) is 5.32 Å². The van der Waals surface area contributed by atoms with Crippen LogP contribution in [0.2, 0.25) is 0 Å². The third-order valence-corrected chi connectivity index (χ3v) is 3.21. The van der Waals surface area contributed by atoms with Crippen molar-refractivity contribution in [2.24, 2.45) is 5.92 Å². The summed E-state index contributed by atoms with van der Waals surface area (Å²) in [5.41, 5.74) is 3.83. The Labute approximate surface area is 112 Å². The van der Waals surface area contributed by atoms with Gasteiger partial charge in [0.1, 0.15) is 5.75 Å². The van der Waals surface area contributed by atoms with Gasteiger partial charge in [0.15, 0.2) is 0 Å². The molecule has 0 aliphatic rings. The van der Waals surface area contributed by atoms with Crippen LogP contribution < -0.4 is 10.1 Å². The highest BCUT2D eigenvalue weighted by molar-refractivity contribution is 5.41. The minimum atomic E-state index is 0.539. The average Bonchev–Trinajstić information content (AvgIpc) is 2.32. The molecular weight excluding hydrogens is 222 g/mol. The third-order valence-electron chi connectivity index (χ3n) is 3.21. The first kappa shape index (κ1) is 15.0. The van der Waals surface area contributed by atoms with Gasteiger partial charge in [0, 0.05) is 12.5 Å². The fourth-order valence-corrected chi connectivity index (χ4v) is 1.97. The first-order valence-electron chi connectivity index (χ1n) is 6.96. The van der Waals surface area contributed by atoms with Crippen LogP contribution >= 0.6 is 0 Å². The predicted molar refractivity (Wildman–Crippen MR) is 78.5 cm³/mol. The number of ether oxygens (including phenoxy) is 1. The van der Waals surface area contributed by atoms with Crippen LogP contribution in [0, 0.1) is 26.7 Å². The monoisotopic (exact) mass is 249 g/mol. The van der Waals surface area contributed by atoms with Gasteiger partial charge in [-0.1, -0.05) is 19.9 Å². The molecule has 1 aromatic rings. The topological polar surface area (TPSA) is 21.3 Å². The SMILES string of the molecule is CCCNCC(C)COc1cc(C)cc(C)c1C. The summed E-state index contributed by atoms with van der Waals surface area (Å²) in [5.74, 6) is 1.58. The van der Waals surface area contributed by atoms with Crippen LogP contribution in [-0.2, 0) is 0 Å². The van der Waals surface area contributed by atoms with E-state index in [-0.39, 0.29) is 0 Å². The minimum absolute atomic E-state index is 0.539.